The molecule has 16 aromatic rings. The van der Waals surface area contributed by atoms with E-state index in [1.54, 1.807) is 9.13 Å². The van der Waals surface area contributed by atoms with E-state index >= 15 is 0 Å². The number of hydrogen-bond acceptors (Lipinski definition) is 4. The molecule has 0 unspecified atom stereocenters. The molecule has 8 heterocycles. The molecule has 8 aromatic heterocycles. The van der Waals surface area contributed by atoms with Crippen LogP contribution in [0.4, 0.5) is 0 Å². The number of fused-ring (bicyclic) bond motifs is 20. The first-order valence-electron chi connectivity index (χ1n) is 25.3. The van der Waals surface area contributed by atoms with Gasteiger partial charge in [-0.25, -0.2) is 9.97 Å². The van der Waals surface area contributed by atoms with Crippen molar-refractivity contribution < 1.29 is 42.1 Å². The van der Waals surface area contributed by atoms with Gasteiger partial charge in [-0.3, -0.25) is 0 Å². The summed E-state index contributed by atoms with van der Waals surface area (Å²) in [5.74, 6) is 0. The Bertz CT molecular complexity index is 4620. The molecular weight excluding hydrogens is 1320 g/mol. The third-order valence-electron chi connectivity index (χ3n) is 14.2. The summed E-state index contributed by atoms with van der Waals surface area (Å²) in [6.45, 7) is 3.88. The SMILES string of the molecule is Cc1cn(C)[c-]n1.Cc1cn(C)[c-]n1.[Pt+2].[Pt+2].[c-]1cccc2c3cccc4c5ccccc5c5ccccc5c5cccnc5n(c12)c43.[c-]1cccc2c3cccc4c5ccccc5c5ccccc5c5cccnc5n(c12)c43. The fourth-order valence-electron chi connectivity index (χ4n) is 11.1. The van der Waals surface area contributed by atoms with Gasteiger partial charge in [-0.15, -0.1) is 34.6 Å². The number of aryl methyl sites for hydroxylation is 4. The number of para-hydroxylation sites is 4. The molecule has 0 saturated heterocycles. The van der Waals surface area contributed by atoms with Crippen molar-refractivity contribution in [2.45, 2.75) is 13.8 Å². The van der Waals surface area contributed by atoms with Gasteiger partial charge in [-0.1, -0.05) is 158 Å². The summed E-state index contributed by atoms with van der Waals surface area (Å²) in [6.07, 6.45) is 13.1. The van der Waals surface area contributed by atoms with Gasteiger partial charge in [0.15, 0.2) is 0 Å². The Balaban J connectivity index is 0.000000130. The van der Waals surface area contributed by atoms with E-state index in [1.165, 1.54) is 86.4 Å². The van der Waals surface area contributed by atoms with E-state index in [0.717, 1.165) is 44.5 Å². The maximum Gasteiger partial charge on any atom is 2.00 e. The van der Waals surface area contributed by atoms with Gasteiger partial charge in [0.2, 0.25) is 0 Å². The Hall–Kier alpha value is -8.54. The van der Waals surface area contributed by atoms with Crippen molar-refractivity contribution in [1.29, 1.82) is 0 Å². The monoisotopic (exact) mass is 1370 g/mol. The third-order valence-corrected chi connectivity index (χ3v) is 14.2. The second-order valence-electron chi connectivity index (χ2n) is 19.1. The molecule has 0 radical (unpaired) electrons. The van der Waals surface area contributed by atoms with Crippen LogP contribution in [0.3, 0.4) is 0 Å². The topological polar surface area (TPSA) is 70.2 Å². The molecule has 8 aromatic carbocycles. The van der Waals surface area contributed by atoms with Gasteiger partial charge in [0.1, 0.15) is 11.3 Å². The van der Waals surface area contributed by atoms with Crippen LogP contribution in [0.1, 0.15) is 11.4 Å². The molecule has 0 aliphatic carbocycles. The number of nitrogens with zero attached hydrogens (tertiary/aromatic N) is 8. The van der Waals surface area contributed by atoms with E-state index in [4.69, 9.17) is 9.97 Å². The van der Waals surface area contributed by atoms with E-state index in [9.17, 15) is 0 Å². The minimum Gasteiger partial charge on any atom is -0.456 e. The van der Waals surface area contributed by atoms with Crippen molar-refractivity contribution in [2.24, 2.45) is 14.1 Å². The number of aromatic nitrogens is 8. The standard InChI is InChI=1S/2C29H17N2.2C5H7N2.2Pt/c2*1-3-11-21-19(9-1)20-10-2-4-12-22(20)26-16-8-18-30-29(26)31-27-17-6-5-13-23(27)25-15-7-14-24(21)28(25)31;2*1-5-3-7(2)4-6-5;;/h2*1-16,18H;2*3H,1-2H3;;/q4*-1;2*+2. The summed E-state index contributed by atoms with van der Waals surface area (Å²) in [5.41, 5.74) is 8.39. The average Bonchev–Trinajstić information content (AvgIpc) is 4.36. The molecule has 0 aliphatic rings. The molecule has 0 spiro atoms. The molecule has 0 aliphatic heterocycles. The molecule has 10 heteroatoms. The molecule has 0 fully saturated rings. The van der Waals surface area contributed by atoms with Crippen LogP contribution < -0.4 is 0 Å². The van der Waals surface area contributed by atoms with E-state index in [0.29, 0.717) is 0 Å². The maximum absolute atomic E-state index is 4.91. The van der Waals surface area contributed by atoms with Gasteiger partial charge < -0.3 is 27.9 Å². The quantitative estimate of drug-likeness (QED) is 0.142. The number of hydrogen-bond donors (Lipinski definition) is 0. The molecular formula is C68H48N8Pt2. The number of imidazole rings is 2. The van der Waals surface area contributed by atoms with Crippen molar-refractivity contribution in [3.8, 4) is 0 Å². The number of rotatable bonds is 0. The summed E-state index contributed by atoms with van der Waals surface area (Å²) in [4.78, 5) is 17.5. The normalized spacial score (nSPS) is 11.1. The van der Waals surface area contributed by atoms with Gasteiger partial charge in [0.25, 0.3) is 0 Å². The predicted molar refractivity (Wildman–Crippen MR) is 314 cm³/mol. The predicted octanol–water partition coefficient (Wildman–Crippen LogP) is 16.0. The molecule has 0 N–H and O–H groups in total. The van der Waals surface area contributed by atoms with Crippen LogP contribution in [-0.2, 0) is 56.2 Å². The smallest absolute Gasteiger partial charge is 0.456 e. The minimum absolute atomic E-state index is 0. The Kier molecular flexibility index (Phi) is 14.4. The molecule has 0 atom stereocenters. The second kappa shape index (κ2) is 21.8. The summed E-state index contributed by atoms with van der Waals surface area (Å²) in [5, 5.41) is 19.3. The first kappa shape index (κ1) is 51.6. The first-order chi connectivity index (χ1) is 37.4. The first-order valence-corrected chi connectivity index (χ1v) is 25.3. The second-order valence-corrected chi connectivity index (χ2v) is 19.1. The summed E-state index contributed by atoms with van der Waals surface area (Å²) in [7, 11) is 3.81. The van der Waals surface area contributed by atoms with Crippen LogP contribution in [-0.4, -0.2) is 37.9 Å². The van der Waals surface area contributed by atoms with E-state index in [-0.39, 0.29) is 42.1 Å². The summed E-state index contributed by atoms with van der Waals surface area (Å²) >= 11 is 0. The van der Waals surface area contributed by atoms with Gasteiger partial charge in [-0.2, -0.15) is 48.5 Å². The van der Waals surface area contributed by atoms with Crippen molar-refractivity contribution >= 4 is 120 Å². The largest absolute Gasteiger partial charge is 2.00 e. The van der Waals surface area contributed by atoms with Crippen LogP contribution in [0.5, 0.6) is 0 Å². The summed E-state index contributed by atoms with van der Waals surface area (Å²) in [6, 6.07) is 75.8. The number of pyridine rings is 2. The molecule has 380 valence electrons. The Morgan fingerprint density at radius 3 is 0.910 bits per heavy atom. The summed E-state index contributed by atoms with van der Waals surface area (Å²) < 4.78 is 8.20. The zero-order valence-electron chi connectivity index (χ0n) is 43.0. The van der Waals surface area contributed by atoms with Gasteiger partial charge in [0.05, 0.1) is 0 Å². The van der Waals surface area contributed by atoms with Crippen molar-refractivity contribution in [1.82, 2.24) is 37.9 Å². The minimum atomic E-state index is 0. The molecule has 8 nitrogen and oxygen atoms in total. The van der Waals surface area contributed by atoms with E-state index in [2.05, 4.69) is 213 Å². The van der Waals surface area contributed by atoms with Gasteiger partial charge >= 0.3 is 42.1 Å². The maximum atomic E-state index is 4.91. The van der Waals surface area contributed by atoms with E-state index in [1.807, 2.05) is 77.0 Å². The number of benzene rings is 8. The third kappa shape index (κ3) is 9.05. The zero-order chi connectivity index (χ0) is 51.3. The van der Waals surface area contributed by atoms with Crippen LogP contribution in [0, 0.1) is 38.6 Å². The Morgan fingerprint density at radius 1 is 0.321 bits per heavy atom. The van der Waals surface area contributed by atoms with Crippen molar-refractivity contribution in [2.75, 3.05) is 0 Å². The molecule has 0 saturated carbocycles. The molecule has 0 amide bonds. The molecule has 0 bridgehead atoms. The van der Waals surface area contributed by atoms with Crippen molar-refractivity contribution in [3.05, 3.63) is 255 Å². The Labute approximate surface area is 479 Å². The molecule has 78 heavy (non-hydrogen) atoms. The fourth-order valence-corrected chi connectivity index (χ4v) is 11.1. The van der Waals surface area contributed by atoms with Gasteiger partial charge in [-0.05, 0) is 92.2 Å². The van der Waals surface area contributed by atoms with Gasteiger partial charge in [0, 0.05) is 57.6 Å². The van der Waals surface area contributed by atoms with Crippen LogP contribution in [0.25, 0.3) is 120 Å². The van der Waals surface area contributed by atoms with Crippen LogP contribution in [0.15, 0.2) is 219 Å². The fraction of sp³-hybridized carbons (Fsp3) is 0.0588. The van der Waals surface area contributed by atoms with E-state index < -0.39 is 0 Å². The molecule has 16 rings (SSSR count). The zero-order valence-corrected chi connectivity index (χ0v) is 47.5. The van der Waals surface area contributed by atoms with Crippen molar-refractivity contribution in [3.63, 3.8) is 0 Å². The Morgan fingerprint density at radius 2 is 0.603 bits per heavy atom. The van der Waals surface area contributed by atoms with Crippen LogP contribution in [0.2, 0.25) is 0 Å². The average molecular weight is 1370 g/mol. The van der Waals surface area contributed by atoms with Crippen LogP contribution >= 0.6 is 0 Å².